The van der Waals surface area contributed by atoms with E-state index in [9.17, 15) is 4.79 Å². The fourth-order valence-electron chi connectivity index (χ4n) is 2.86. The number of amides is 1. The number of ether oxygens (including phenoxy) is 2. The number of hydrogen-bond acceptors (Lipinski definition) is 6. The minimum Gasteiger partial charge on any atom is -0.497 e. The molecule has 0 radical (unpaired) electrons. The average molecular weight is 376 g/mol. The quantitative estimate of drug-likeness (QED) is 0.720. The van der Waals surface area contributed by atoms with Crippen LogP contribution in [0.15, 0.2) is 29.4 Å². The predicted octanol–water partition coefficient (Wildman–Crippen LogP) is 2.22. The van der Waals surface area contributed by atoms with Crippen molar-refractivity contribution in [2.45, 2.75) is 24.6 Å². The van der Waals surface area contributed by atoms with E-state index in [1.165, 1.54) is 11.8 Å². The molecule has 7 nitrogen and oxygen atoms in total. The van der Waals surface area contributed by atoms with E-state index in [1.54, 1.807) is 7.11 Å². The summed E-state index contributed by atoms with van der Waals surface area (Å²) in [6.07, 6.45) is 1.07. The molecule has 26 heavy (non-hydrogen) atoms. The monoisotopic (exact) mass is 376 g/mol. The van der Waals surface area contributed by atoms with Gasteiger partial charge in [-0.1, -0.05) is 30.8 Å². The van der Waals surface area contributed by atoms with Gasteiger partial charge in [0.25, 0.3) is 0 Å². The maximum Gasteiger partial charge on any atom is 0.233 e. The standard InChI is InChI=1S/C18H24N4O3S/c1-4-14-11-22(8-9-25-14)16(23)12-26-18-20-19-17(21(18)2)13-6-5-7-15(10-13)24-3/h5-7,10,14H,4,8-9,11-12H2,1-3H3. The highest BCUT2D eigenvalue weighted by atomic mass is 32.2. The lowest BCUT2D eigenvalue weighted by molar-refractivity contribution is -0.135. The normalized spacial score (nSPS) is 17.3. The molecule has 1 unspecified atom stereocenters. The van der Waals surface area contributed by atoms with Crippen molar-refractivity contribution in [2.24, 2.45) is 7.05 Å². The third-order valence-corrected chi connectivity index (χ3v) is 5.44. The van der Waals surface area contributed by atoms with Crippen molar-refractivity contribution in [2.75, 3.05) is 32.6 Å². The highest BCUT2D eigenvalue weighted by Gasteiger charge is 2.23. The first-order valence-electron chi connectivity index (χ1n) is 8.68. The molecule has 1 aromatic heterocycles. The summed E-state index contributed by atoms with van der Waals surface area (Å²) in [5.74, 6) is 1.98. The van der Waals surface area contributed by atoms with Crippen LogP contribution in [-0.2, 0) is 16.6 Å². The average Bonchev–Trinajstić information content (AvgIpc) is 3.06. The number of nitrogens with zero attached hydrogens (tertiary/aromatic N) is 4. The molecule has 0 saturated carbocycles. The molecule has 140 valence electrons. The van der Waals surface area contributed by atoms with Gasteiger partial charge >= 0.3 is 0 Å². The van der Waals surface area contributed by atoms with Gasteiger partial charge in [-0.05, 0) is 18.6 Å². The third kappa shape index (κ3) is 4.19. The SMILES string of the molecule is CCC1CN(C(=O)CSc2nnc(-c3cccc(OC)c3)n2C)CCO1. The van der Waals surface area contributed by atoms with Crippen LogP contribution >= 0.6 is 11.8 Å². The first kappa shape index (κ1) is 18.7. The minimum absolute atomic E-state index is 0.114. The van der Waals surface area contributed by atoms with E-state index in [4.69, 9.17) is 9.47 Å². The summed E-state index contributed by atoms with van der Waals surface area (Å²) in [5, 5.41) is 9.22. The Hall–Kier alpha value is -2.06. The maximum atomic E-state index is 12.5. The highest BCUT2D eigenvalue weighted by Crippen LogP contribution is 2.25. The second kappa shape index (κ2) is 8.55. The molecule has 1 saturated heterocycles. The largest absolute Gasteiger partial charge is 0.497 e. The van der Waals surface area contributed by atoms with Gasteiger partial charge in [0.05, 0.1) is 25.6 Å². The van der Waals surface area contributed by atoms with Crippen LogP contribution in [0, 0.1) is 0 Å². The molecular formula is C18H24N4O3S. The van der Waals surface area contributed by atoms with Gasteiger partial charge < -0.3 is 18.9 Å². The van der Waals surface area contributed by atoms with Crippen LogP contribution in [0.2, 0.25) is 0 Å². The second-order valence-electron chi connectivity index (χ2n) is 6.13. The molecular weight excluding hydrogens is 352 g/mol. The van der Waals surface area contributed by atoms with E-state index in [0.29, 0.717) is 25.4 Å². The number of rotatable bonds is 6. The highest BCUT2D eigenvalue weighted by molar-refractivity contribution is 7.99. The molecule has 0 spiro atoms. The van der Waals surface area contributed by atoms with Gasteiger partial charge in [-0.15, -0.1) is 10.2 Å². The first-order chi connectivity index (χ1) is 12.6. The summed E-state index contributed by atoms with van der Waals surface area (Å²) in [5.41, 5.74) is 0.927. The molecule has 2 aromatic rings. The van der Waals surface area contributed by atoms with Crippen LogP contribution in [0.4, 0.5) is 0 Å². The Balaban J connectivity index is 1.64. The smallest absolute Gasteiger partial charge is 0.233 e. The summed E-state index contributed by atoms with van der Waals surface area (Å²) >= 11 is 1.41. The van der Waals surface area contributed by atoms with Crippen LogP contribution in [0.1, 0.15) is 13.3 Å². The maximum absolute atomic E-state index is 12.5. The van der Waals surface area contributed by atoms with Crippen molar-refractivity contribution in [1.29, 1.82) is 0 Å². The predicted molar refractivity (Wildman–Crippen MR) is 100 cm³/mol. The zero-order chi connectivity index (χ0) is 18.5. The Morgan fingerprint density at radius 1 is 1.42 bits per heavy atom. The van der Waals surface area contributed by atoms with Gasteiger partial charge in [-0.2, -0.15) is 0 Å². The van der Waals surface area contributed by atoms with Gasteiger partial charge in [0.15, 0.2) is 11.0 Å². The van der Waals surface area contributed by atoms with Crippen molar-refractivity contribution < 1.29 is 14.3 Å². The van der Waals surface area contributed by atoms with Crippen molar-refractivity contribution in [1.82, 2.24) is 19.7 Å². The first-order valence-corrected chi connectivity index (χ1v) is 9.67. The van der Waals surface area contributed by atoms with Gasteiger partial charge in [0, 0.05) is 25.7 Å². The van der Waals surface area contributed by atoms with E-state index in [1.807, 2.05) is 40.8 Å². The van der Waals surface area contributed by atoms with Gasteiger partial charge in [0.1, 0.15) is 5.75 Å². The zero-order valence-electron chi connectivity index (χ0n) is 15.3. The van der Waals surface area contributed by atoms with Crippen LogP contribution in [0.3, 0.4) is 0 Å². The Bertz CT molecular complexity index is 765. The van der Waals surface area contributed by atoms with E-state index in [0.717, 1.165) is 28.7 Å². The number of morpholine rings is 1. The lowest BCUT2D eigenvalue weighted by Gasteiger charge is -2.32. The summed E-state index contributed by atoms with van der Waals surface area (Å²) in [4.78, 5) is 14.4. The molecule has 1 fully saturated rings. The van der Waals surface area contributed by atoms with E-state index >= 15 is 0 Å². The second-order valence-corrected chi connectivity index (χ2v) is 7.07. The topological polar surface area (TPSA) is 69.5 Å². The van der Waals surface area contributed by atoms with Crippen LogP contribution in [0.25, 0.3) is 11.4 Å². The van der Waals surface area contributed by atoms with Crippen molar-refractivity contribution in [3.8, 4) is 17.1 Å². The lowest BCUT2D eigenvalue weighted by atomic mass is 10.2. The molecule has 1 aliphatic heterocycles. The van der Waals surface area contributed by atoms with Crippen molar-refractivity contribution in [3.05, 3.63) is 24.3 Å². The molecule has 8 heteroatoms. The van der Waals surface area contributed by atoms with Crippen LogP contribution in [0.5, 0.6) is 5.75 Å². The van der Waals surface area contributed by atoms with Gasteiger partial charge in [0.2, 0.25) is 5.91 Å². The molecule has 1 aromatic carbocycles. The summed E-state index contributed by atoms with van der Waals surface area (Å²) in [7, 11) is 3.54. The fraction of sp³-hybridized carbons (Fsp3) is 0.500. The number of benzene rings is 1. The Morgan fingerprint density at radius 3 is 3.04 bits per heavy atom. The summed E-state index contributed by atoms with van der Waals surface area (Å²) < 4.78 is 12.8. The molecule has 2 heterocycles. The van der Waals surface area contributed by atoms with E-state index in [-0.39, 0.29) is 12.0 Å². The summed E-state index contributed by atoms with van der Waals surface area (Å²) in [6.45, 7) is 4.01. The third-order valence-electron chi connectivity index (χ3n) is 4.43. The fourth-order valence-corrected chi connectivity index (χ4v) is 3.68. The Morgan fingerprint density at radius 2 is 2.27 bits per heavy atom. The minimum atomic E-state index is 0.114. The zero-order valence-corrected chi connectivity index (χ0v) is 16.2. The lowest BCUT2D eigenvalue weighted by Crippen LogP contribution is -2.46. The number of methoxy groups -OCH3 is 1. The molecule has 0 bridgehead atoms. The molecule has 1 amide bonds. The molecule has 1 aliphatic rings. The van der Waals surface area contributed by atoms with Crippen molar-refractivity contribution in [3.63, 3.8) is 0 Å². The van der Waals surface area contributed by atoms with Gasteiger partial charge in [-0.25, -0.2) is 0 Å². The molecule has 0 N–H and O–H groups in total. The number of carbonyl (C=O) groups is 1. The number of thioether (sulfide) groups is 1. The van der Waals surface area contributed by atoms with E-state index in [2.05, 4.69) is 17.1 Å². The molecule has 1 atom stereocenters. The van der Waals surface area contributed by atoms with Crippen LogP contribution < -0.4 is 4.74 Å². The van der Waals surface area contributed by atoms with Crippen molar-refractivity contribution >= 4 is 17.7 Å². The van der Waals surface area contributed by atoms with E-state index < -0.39 is 0 Å². The summed E-state index contributed by atoms with van der Waals surface area (Å²) in [6, 6.07) is 7.69. The Kier molecular flexibility index (Phi) is 6.16. The van der Waals surface area contributed by atoms with Gasteiger partial charge in [-0.3, -0.25) is 4.79 Å². The molecule has 3 rings (SSSR count). The number of aromatic nitrogens is 3. The number of carbonyl (C=O) groups excluding carboxylic acids is 1. The van der Waals surface area contributed by atoms with Crippen LogP contribution in [-0.4, -0.2) is 64.2 Å². The Labute approximate surface area is 157 Å². The number of hydrogen-bond donors (Lipinski definition) is 0. The molecule has 0 aliphatic carbocycles.